The summed E-state index contributed by atoms with van der Waals surface area (Å²) in [5.74, 6) is -0.695. The molecule has 20 heavy (non-hydrogen) atoms. The summed E-state index contributed by atoms with van der Waals surface area (Å²) in [4.78, 5) is 0.161. The molecule has 2 rings (SSSR count). The van der Waals surface area contributed by atoms with Gasteiger partial charge in [-0.3, -0.25) is 4.18 Å². The van der Waals surface area contributed by atoms with E-state index in [4.69, 9.17) is 13.7 Å². The minimum Gasteiger partial charge on any atom is -0.350 e. The van der Waals surface area contributed by atoms with E-state index in [0.29, 0.717) is 13.0 Å². The Hall–Kier alpha value is -0.950. The van der Waals surface area contributed by atoms with E-state index in [1.165, 1.54) is 0 Å². The summed E-state index contributed by atoms with van der Waals surface area (Å²) >= 11 is 0. The first-order valence-corrected chi connectivity index (χ1v) is 7.97. The molecule has 1 aromatic carbocycles. The SMILES string of the molecule is Cc1ccc(S(=O)(=O)OC[C@H]2CCOC(C)(C)O2)cc1. The molecule has 1 fully saturated rings. The Morgan fingerprint density at radius 3 is 2.55 bits per heavy atom. The van der Waals surface area contributed by atoms with E-state index >= 15 is 0 Å². The van der Waals surface area contributed by atoms with E-state index in [1.807, 2.05) is 6.92 Å². The van der Waals surface area contributed by atoms with E-state index in [9.17, 15) is 8.42 Å². The van der Waals surface area contributed by atoms with E-state index < -0.39 is 15.9 Å². The molecule has 1 aromatic rings. The van der Waals surface area contributed by atoms with Gasteiger partial charge in [-0.1, -0.05) is 17.7 Å². The second kappa shape index (κ2) is 5.81. The lowest BCUT2D eigenvalue weighted by Gasteiger charge is -2.35. The Labute approximate surface area is 120 Å². The van der Waals surface area contributed by atoms with Gasteiger partial charge in [0.05, 0.1) is 24.2 Å². The summed E-state index contributed by atoms with van der Waals surface area (Å²) in [6, 6.07) is 6.56. The third kappa shape index (κ3) is 4.02. The summed E-state index contributed by atoms with van der Waals surface area (Å²) in [6.45, 7) is 6.03. The van der Waals surface area contributed by atoms with Crippen LogP contribution in [0.3, 0.4) is 0 Å². The zero-order valence-corrected chi connectivity index (χ0v) is 12.8. The molecule has 6 heteroatoms. The standard InChI is InChI=1S/C14H20O5S/c1-11-4-6-13(7-5-11)20(15,16)18-10-12-8-9-17-14(2,3)19-12/h4-7,12H,8-10H2,1-3H3/t12-/m1/s1. The highest BCUT2D eigenvalue weighted by atomic mass is 32.2. The Morgan fingerprint density at radius 2 is 1.95 bits per heavy atom. The Balaban J connectivity index is 1.97. The molecule has 0 spiro atoms. The molecule has 0 aliphatic carbocycles. The molecule has 0 bridgehead atoms. The Bertz CT molecular complexity index is 547. The van der Waals surface area contributed by atoms with Gasteiger partial charge in [0.25, 0.3) is 10.1 Å². The highest BCUT2D eigenvalue weighted by Crippen LogP contribution is 2.23. The average molecular weight is 300 g/mol. The van der Waals surface area contributed by atoms with Crippen LogP contribution in [0.5, 0.6) is 0 Å². The summed E-state index contributed by atoms with van der Waals surface area (Å²) in [6.07, 6.45) is 0.339. The maximum Gasteiger partial charge on any atom is 0.297 e. The number of rotatable bonds is 4. The van der Waals surface area contributed by atoms with Crippen LogP contribution in [0, 0.1) is 6.92 Å². The van der Waals surface area contributed by atoms with Crippen molar-refractivity contribution in [1.82, 2.24) is 0 Å². The van der Waals surface area contributed by atoms with Crippen LogP contribution in [-0.2, 0) is 23.8 Å². The van der Waals surface area contributed by atoms with Gasteiger partial charge in [0.2, 0.25) is 0 Å². The topological polar surface area (TPSA) is 61.8 Å². The van der Waals surface area contributed by atoms with Crippen LogP contribution >= 0.6 is 0 Å². The highest BCUT2D eigenvalue weighted by Gasteiger charge is 2.30. The van der Waals surface area contributed by atoms with Gasteiger partial charge >= 0.3 is 0 Å². The first-order chi connectivity index (χ1) is 9.28. The third-order valence-electron chi connectivity index (χ3n) is 3.06. The van der Waals surface area contributed by atoms with Crippen molar-refractivity contribution in [3.05, 3.63) is 29.8 Å². The number of hydrogen-bond donors (Lipinski definition) is 0. The van der Waals surface area contributed by atoms with Crippen LogP contribution in [0.25, 0.3) is 0 Å². The largest absolute Gasteiger partial charge is 0.350 e. The summed E-state index contributed by atoms with van der Waals surface area (Å²) in [5, 5.41) is 0. The van der Waals surface area contributed by atoms with Crippen LogP contribution in [0.1, 0.15) is 25.8 Å². The van der Waals surface area contributed by atoms with E-state index in [2.05, 4.69) is 0 Å². The molecule has 1 saturated heterocycles. The quantitative estimate of drug-likeness (QED) is 0.798. The molecule has 0 N–H and O–H groups in total. The smallest absolute Gasteiger partial charge is 0.297 e. The van der Waals surface area contributed by atoms with Crippen molar-refractivity contribution >= 4 is 10.1 Å². The van der Waals surface area contributed by atoms with Crippen molar-refractivity contribution < 1.29 is 22.1 Å². The van der Waals surface area contributed by atoms with E-state index in [-0.39, 0.29) is 17.6 Å². The molecule has 5 nitrogen and oxygen atoms in total. The van der Waals surface area contributed by atoms with Crippen molar-refractivity contribution in [2.45, 2.75) is 44.0 Å². The molecule has 112 valence electrons. The van der Waals surface area contributed by atoms with Crippen molar-refractivity contribution in [1.29, 1.82) is 0 Å². The predicted octanol–water partition coefficient (Wildman–Crippen LogP) is 2.24. The zero-order valence-electron chi connectivity index (χ0n) is 12.0. The zero-order chi connectivity index (χ0) is 14.8. The number of ether oxygens (including phenoxy) is 2. The van der Waals surface area contributed by atoms with Crippen molar-refractivity contribution in [3.63, 3.8) is 0 Å². The Morgan fingerprint density at radius 1 is 1.30 bits per heavy atom. The van der Waals surface area contributed by atoms with Crippen LogP contribution in [0.15, 0.2) is 29.2 Å². The molecule has 1 aliphatic rings. The lowest BCUT2D eigenvalue weighted by Crippen LogP contribution is -2.41. The fourth-order valence-corrected chi connectivity index (χ4v) is 2.92. The second-order valence-corrected chi connectivity index (χ2v) is 6.94. The molecule has 0 radical (unpaired) electrons. The van der Waals surface area contributed by atoms with Crippen LogP contribution in [0.4, 0.5) is 0 Å². The van der Waals surface area contributed by atoms with Gasteiger partial charge in [0.15, 0.2) is 5.79 Å². The molecule has 0 aromatic heterocycles. The minimum absolute atomic E-state index is 0.00298. The second-order valence-electron chi connectivity index (χ2n) is 5.33. The molecule has 0 amide bonds. The molecule has 1 aliphatic heterocycles. The number of aryl methyl sites for hydroxylation is 1. The van der Waals surface area contributed by atoms with Crippen LogP contribution < -0.4 is 0 Å². The molecule has 1 atom stereocenters. The van der Waals surface area contributed by atoms with Crippen LogP contribution in [-0.4, -0.2) is 33.5 Å². The average Bonchev–Trinajstić information content (AvgIpc) is 2.36. The van der Waals surface area contributed by atoms with Gasteiger partial charge in [0, 0.05) is 0 Å². The van der Waals surface area contributed by atoms with E-state index in [1.54, 1.807) is 38.1 Å². The van der Waals surface area contributed by atoms with Gasteiger partial charge in [-0.25, -0.2) is 0 Å². The lowest BCUT2D eigenvalue weighted by molar-refractivity contribution is -0.276. The predicted molar refractivity (Wildman–Crippen MR) is 73.8 cm³/mol. The fourth-order valence-electron chi connectivity index (χ4n) is 1.99. The first-order valence-electron chi connectivity index (χ1n) is 6.56. The van der Waals surface area contributed by atoms with Crippen LogP contribution in [0.2, 0.25) is 0 Å². The molecular weight excluding hydrogens is 280 g/mol. The molecule has 1 heterocycles. The normalized spacial score (nSPS) is 22.6. The van der Waals surface area contributed by atoms with Gasteiger partial charge in [-0.15, -0.1) is 0 Å². The third-order valence-corrected chi connectivity index (χ3v) is 4.35. The Kier molecular flexibility index (Phi) is 4.49. The first kappa shape index (κ1) is 15.4. The van der Waals surface area contributed by atoms with Gasteiger partial charge in [0.1, 0.15) is 0 Å². The van der Waals surface area contributed by atoms with E-state index in [0.717, 1.165) is 5.56 Å². The summed E-state index contributed by atoms with van der Waals surface area (Å²) < 4.78 is 40.2. The van der Waals surface area contributed by atoms with Gasteiger partial charge in [-0.05, 0) is 39.3 Å². The lowest BCUT2D eigenvalue weighted by atomic mass is 10.2. The van der Waals surface area contributed by atoms with Crippen molar-refractivity contribution in [2.24, 2.45) is 0 Å². The van der Waals surface area contributed by atoms with Crippen molar-refractivity contribution in [3.8, 4) is 0 Å². The monoisotopic (exact) mass is 300 g/mol. The molecule has 0 saturated carbocycles. The van der Waals surface area contributed by atoms with Crippen molar-refractivity contribution in [2.75, 3.05) is 13.2 Å². The van der Waals surface area contributed by atoms with Gasteiger partial charge < -0.3 is 9.47 Å². The minimum atomic E-state index is -3.73. The maximum atomic E-state index is 12.0. The summed E-state index contributed by atoms with van der Waals surface area (Å²) in [5.41, 5.74) is 0.999. The number of benzene rings is 1. The summed E-state index contributed by atoms with van der Waals surface area (Å²) in [7, 11) is -3.73. The molecular formula is C14H20O5S. The molecule has 0 unspecified atom stereocenters. The highest BCUT2D eigenvalue weighted by molar-refractivity contribution is 7.86. The van der Waals surface area contributed by atoms with Gasteiger partial charge in [-0.2, -0.15) is 8.42 Å². The maximum absolute atomic E-state index is 12.0. The number of hydrogen-bond acceptors (Lipinski definition) is 5. The fraction of sp³-hybridized carbons (Fsp3) is 0.571.